The third-order valence-corrected chi connectivity index (χ3v) is 4.73. The van der Waals surface area contributed by atoms with E-state index in [0.29, 0.717) is 12.4 Å². The van der Waals surface area contributed by atoms with Gasteiger partial charge in [0.2, 0.25) is 0 Å². The van der Waals surface area contributed by atoms with Crippen LogP contribution in [-0.2, 0) is 9.47 Å². The quantitative estimate of drug-likeness (QED) is 0.476. The Morgan fingerprint density at radius 2 is 1.72 bits per heavy atom. The molecule has 2 aromatic carbocycles. The zero-order valence-corrected chi connectivity index (χ0v) is 16.2. The molecule has 0 spiro atoms. The summed E-state index contributed by atoms with van der Waals surface area (Å²) in [6.45, 7) is 0.426. The van der Waals surface area contributed by atoms with Crippen molar-refractivity contribution in [1.82, 2.24) is 14.5 Å². The lowest BCUT2D eigenvalue weighted by atomic mass is 10.1. The second kappa shape index (κ2) is 8.38. The minimum atomic E-state index is -0.403. The van der Waals surface area contributed by atoms with Crippen LogP contribution in [0.2, 0.25) is 0 Å². The second-order valence-electron chi connectivity index (χ2n) is 6.46. The van der Waals surface area contributed by atoms with Crippen LogP contribution < -0.4 is 5.32 Å². The molecule has 0 atom stereocenters. The van der Waals surface area contributed by atoms with Gasteiger partial charge in [-0.1, -0.05) is 30.3 Å². The zero-order chi connectivity index (χ0) is 20.2. The summed E-state index contributed by atoms with van der Waals surface area (Å²) in [6.07, 6.45) is 3.10. The lowest BCUT2D eigenvalue weighted by molar-refractivity contribution is -0.0914. The first-order valence-corrected chi connectivity index (χ1v) is 9.18. The first-order valence-electron chi connectivity index (χ1n) is 9.18. The number of nitrogens with one attached hydrogen (secondary N) is 1. The van der Waals surface area contributed by atoms with Gasteiger partial charge in [-0.15, -0.1) is 0 Å². The highest BCUT2D eigenvalue weighted by molar-refractivity contribution is 6.02. The molecule has 0 amide bonds. The number of nitrogens with zero attached hydrogens (tertiary/aromatic N) is 3. The van der Waals surface area contributed by atoms with Gasteiger partial charge in [0, 0.05) is 31.7 Å². The molecule has 7 heteroatoms. The van der Waals surface area contributed by atoms with Crippen LogP contribution in [0.1, 0.15) is 0 Å². The Morgan fingerprint density at radius 1 is 1.00 bits per heavy atom. The Hall–Kier alpha value is -3.29. The summed E-state index contributed by atoms with van der Waals surface area (Å²) in [7, 11) is 3.18. The van der Waals surface area contributed by atoms with Gasteiger partial charge in [0.05, 0.1) is 11.9 Å². The topological polar surface area (TPSA) is 61.2 Å². The maximum atomic E-state index is 13.4. The van der Waals surface area contributed by atoms with E-state index in [1.807, 2.05) is 41.1 Å². The van der Waals surface area contributed by atoms with Crippen LogP contribution in [0, 0.1) is 5.82 Å². The monoisotopic (exact) mass is 392 g/mol. The van der Waals surface area contributed by atoms with Crippen molar-refractivity contribution in [2.24, 2.45) is 0 Å². The van der Waals surface area contributed by atoms with E-state index in [4.69, 9.17) is 9.47 Å². The number of hydrogen-bond acceptors (Lipinski definition) is 5. The van der Waals surface area contributed by atoms with E-state index in [-0.39, 0.29) is 5.82 Å². The zero-order valence-electron chi connectivity index (χ0n) is 16.2. The first kappa shape index (κ1) is 19.0. The Labute approximate surface area is 167 Å². The molecule has 0 saturated heterocycles. The lowest BCUT2D eigenvalue weighted by Crippen LogP contribution is -2.24. The number of hydrogen-bond donors (Lipinski definition) is 1. The van der Waals surface area contributed by atoms with Crippen molar-refractivity contribution >= 4 is 16.9 Å². The van der Waals surface area contributed by atoms with Gasteiger partial charge in [0.1, 0.15) is 18.0 Å². The minimum Gasteiger partial charge on any atom is -0.364 e. The summed E-state index contributed by atoms with van der Waals surface area (Å²) in [6, 6.07) is 16.3. The number of methoxy groups -OCH3 is 2. The van der Waals surface area contributed by atoms with Crippen molar-refractivity contribution in [3.8, 4) is 16.8 Å². The minimum absolute atomic E-state index is 0.282. The molecule has 2 heterocycles. The van der Waals surface area contributed by atoms with Crippen LogP contribution >= 0.6 is 0 Å². The highest BCUT2D eigenvalue weighted by Crippen LogP contribution is 2.35. The summed E-state index contributed by atoms with van der Waals surface area (Å²) in [4.78, 5) is 8.96. The number of benzene rings is 2. The number of anilines is 1. The van der Waals surface area contributed by atoms with Crippen LogP contribution in [0.4, 0.5) is 10.2 Å². The Morgan fingerprint density at radius 3 is 2.41 bits per heavy atom. The van der Waals surface area contributed by atoms with E-state index in [1.165, 1.54) is 18.5 Å². The Balaban J connectivity index is 1.88. The maximum absolute atomic E-state index is 13.4. The molecule has 4 aromatic rings. The fourth-order valence-electron chi connectivity index (χ4n) is 3.27. The average molecular weight is 392 g/mol. The van der Waals surface area contributed by atoms with Gasteiger partial charge in [-0.3, -0.25) is 0 Å². The molecule has 0 aliphatic carbocycles. The fourth-order valence-corrected chi connectivity index (χ4v) is 3.27. The molecule has 1 N–H and O–H groups in total. The van der Waals surface area contributed by atoms with Crippen molar-refractivity contribution in [2.45, 2.75) is 6.29 Å². The van der Waals surface area contributed by atoms with Crippen molar-refractivity contribution < 1.29 is 13.9 Å². The highest BCUT2D eigenvalue weighted by atomic mass is 19.1. The van der Waals surface area contributed by atoms with Gasteiger partial charge >= 0.3 is 0 Å². The number of aromatic nitrogens is 3. The van der Waals surface area contributed by atoms with Crippen LogP contribution in [0.25, 0.3) is 27.8 Å². The molecule has 2 aromatic heterocycles. The molecule has 0 saturated carbocycles. The summed E-state index contributed by atoms with van der Waals surface area (Å²) in [5, 5.41) is 4.17. The van der Waals surface area contributed by atoms with Gasteiger partial charge in [-0.2, -0.15) is 0 Å². The number of rotatable bonds is 7. The van der Waals surface area contributed by atoms with E-state index in [9.17, 15) is 4.39 Å². The summed E-state index contributed by atoms with van der Waals surface area (Å²) >= 11 is 0. The molecule has 148 valence electrons. The first-order chi connectivity index (χ1) is 14.2. The third kappa shape index (κ3) is 3.83. The van der Waals surface area contributed by atoms with Crippen LogP contribution in [0.5, 0.6) is 0 Å². The van der Waals surface area contributed by atoms with Crippen LogP contribution in [-0.4, -0.2) is 41.6 Å². The molecule has 0 aliphatic rings. The molecule has 6 nitrogen and oxygen atoms in total. The van der Waals surface area contributed by atoms with Gasteiger partial charge in [-0.25, -0.2) is 14.4 Å². The van der Waals surface area contributed by atoms with Gasteiger partial charge in [0.25, 0.3) is 0 Å². The van der Waals surface area contributed by atoms with Crippen molar-refractivity contribution in [3.05, 3.63) is 72.9 Å². The van der Waals surface area contributed by atoms with Crippen LogP contribution in [0.3, 0.4) is 0 Å². The predicted molar refractivity (Wildman–Crippen MR) is 111 cm³/mol. The smallest absolute Gasteiger partial charge is 0.173 e. The third-order valence-electron chi connectivity index (χ3n) is 4.73. The Kier molecular flexibility index (Phi) is 5.50. The van der Waals surface area contributed by atoms with Crippen LogP contribution in [0.15, 0.2) is 67.1 Å². The largest absolute Gasteiger partial charge is 0.364 e. The van der Waals surface area contributed by atoms with Gasteiger partial charge in [0.15, 0.2) is 11.9 Å². The molecular weight excluding hydrogens is 371 g/mol. The summed E-state index contributed by atoms with van der Waals surface area (Å²) in [5.74, 6) is 0.393. The molecule has 0 aliphatic heterocycles. The normalized spacial score (nSPS) is 11.3. The van der Waals surface area contributed by atoms with Crippen molar-refractivity contribution in [2.75, 3.05) is 26.1 Å². The second-order valence-corrected chi connectivity index (χ2v) is 6.46. The molecule has 4 rings (SSSR count). The number of ether oxygens (including phenoxy) is 2. The van der Waals surface area contributed by atoms with E-state index in [1.54, 1.807) is 26.4 Å². The fraction of sp³-hybridized carbons (Fsp3) is 0.182. The number of halogens is 1. The molecule has 0 unspecified atom stereocenters. The van der Waals surface area contributed by atoms with Gasteiger partial charge < -0.3 is 19.4 Å². The lowest BCUT2D eigenvalue weighted by Gasteiger charge is -2.15. The van der Waals surface area contributed by atoms with Gasteiger partial charge in [-0.05, 0) is 29.8 Å². The highest BCUT2D eigenvalue weighted by Gasteiger charge is 2.18. The summed E-state index contributed by atoms with van der Waals surface area (Å²) < 4.78 is 25.9. The predicted octanol–water partition coefficient (Wildman–Crippen LogP) is 4.26. The summed E-state index contributed by atoms with van der Waals surface area (Å²) in [5.41, 5.74) is 3.54. The van der Waals surface area contributed by atoms with Crippen molar-refractivity contribution in [1.29, 1.82) is 0 Å². The van der Waals surface area contributed by atoms with Crippen molar-refractivity contribution in [3.63, 3.8) is 0 Å². The maximum Gasteiger partial charge on any atom is 0.173 e. The SMILES string of the molecule is COC(CNc1ncnc2c1c(-c1ccccc1)cn2-c1ccc(F)cc1)OC. The molecule has 0 fully saturated rings. The molecule has 29 heavy (non-hydrogen) atoms. The van der Waals surface area contributed by atoms with E-state index < -0.39 is 6.29 Å². The molecular formula is C22H21FN4O2. The Bertz CT molecular complexity index is 1090. The van der Waals surface area contributed by atoms with E-state index in [0.717, 1.165) is 27.8 Å². The van der Waals surface area contributed by atoms with E-state index in [2.05, 4.69) is 15.3 Å². The number of fused-ring (bicyclic) bond motifs is 1. The molecule has 0 bridgehead atoms. The average Bonchev–Trinajstić information content (AvgIpc) is 3.16. The molecule has 0 radical (unpaired) electrons. The van der Waals surface area contributed by atoms with E-state index >= 15 is 0 Å². The standard InChI is InChI=1S/C22H21FN4O2/c1-28-19(29-2)12-24-21-20-18(15-6-4-3-5-7-15)13-27(22(20)26-14-25-21)17-10-8-16(23)9-11-17/h3-11,13-14,19H,12H2,1-2H3,(H,24,25,26).